The fraction of sp³-hybridized carbons (Fsp3) is 0.423. The summed E-state index contributed by atoms with van der Waals surface area (Å²) in [5, 5.41) is 14.1. The van der Waals surface area contributed by atoms with Crippen molar-refractivity contribution in [1.29, 1.82) is 5.26 Å². The van der Waals surface area contributed by atoms with Crippen LogP contribution in [-0.4, -0.2) is 14.8 Å². The van der Waals surface area contributed by atoms with Crippen LogP contribution < -0.4 is 0 Å². The number of nitriles is 1. The van der Waals surface area contributed by atoms with Crippen molar-refractivity contribution < 1.29 is 0 Å². The third-order valence-corrected chi connectivity index (χ3v) is 6.29. The fourth-order valence-electron chi connectivity index (χ4n) is 4.34. The molecule has 1 aromatic heterocycles. The van der Waals surface area contributed by atoms with Gasteiger partial charge in [-0.1, -0.05) is 70.9 Å². The van der Waals surface area contributed by atoms with E-state index in [1.54, 1.807) is 0 Å². The van der Waals surface area contributed by atoms with Crippen LogP contribution in [0, 0.1) is 11.3 Å². The largest absolute Gasteiger partial charge is 0.213 e. The van der Waals surface area contributed by atoms with Gasteiger partial charge in [-0.15, -0.1) is 0 Å². The number of aryl methyl sites for hydroxylation is 1. The maximum Gasteiger partial charge on any atom is 0.163 e. The minimum absolute atomic E-state index is 0.129. The van der Waals surface area contributed by atoms with E-state index in [1.807, 2.05) is 28.9 Å². The first kappa shape index (κ1) is 21.8. The molecule has 30 heavy (non-hydrogen) atoms. The predicted molar refractivity (Wildman–Crippen MR) is 123 cm³/mol. The lowest BCUT2D eigenvalue weighted by Gasteiger charge is -2.34. The van der Waals surface area contributed by atoms with E-state index in [0.29, 0.717) is 5.56 Å². The number of hydrogen-bond acceptors (Lipinski definition) is 3. The minimum atomic E-state index is 0.129. The maximum absolute atomic E-state index is 9.35. The van der Waals surface area contributed by atoms with Crippen molar-refractivity contribution >= 4 is 0 Å². The molecule has 0 atom stereocenters. The number of unbranched alkanes of at least 4 members (excludes halogenated alkanes) is 1. The van der Waals surface area contributed by atoms with Crippen molar-refractivity contribution in [3.8, 4) is 23.1 Å². The van der Waals surface area contributed by atoms with E-state index in [-0.39, 0.29) is 5.41 Å². The van der Waals surface area contributed by atoms with Gasteiger partial charge in [0.25, 0.3) is 0 Å². The Morgan fingerprint density at radius 3 is 2.43 bits per heavy atom. The summed E-state index contributed by atoms with van der Waals surface area (Å²) in [7, 11) is 0. The van der Waals surface area contributed by atoms with Gasteiger partial charge in [0.05, 0.1) is 17.3 Å². The monoisotopic (exact) mass is 400 g/mol. The van der Waals surface area contributed by atoms with Gasteiger partial charge < -0.3 is 0 Å². The number of rotatable bonds is 9. The smallest absolute Gasteiger partial charge is 0.163 e. The van der Waals surface area contributed by atoms with Crippen LogP contribution in [0.15, 0.2) is 48.5 Å². The summed E-state index contributed by atoms with van der Waals surface area (Å²) in [5.41, 5.74) is 4.13. The lowest BCUT2D eigenvalue weighted by Crippen LogP contribution is -2.25. The molecule has 0 N–H and O–H groups in total. The van der Waals surface area contributed by atoms with E-state index in [0.717, 1.165) is 42.2 Å². The molecule has 0 aliphatic rings. The van der Waals surface area contributed by atoms with Crippen molar-refractivity contribution in [2.75, 3.05) is 0 Å². The van der Waals surface area contributed by atoms with Gasteiger partial charge in [-0.2, -0.15) is 10.4 Å². The highest BCUT2D eigenvalue weighted by Crippen LogP contribution is 2.41. The summed E-state index contributed by atoms with van der Waals surface area (Å²) in [6.45, 7) is 8.93. The average Bonchev–Trinajstić information content (AvgIpc) is 3.25. The molecule has 0 aliphatic carbocycles. The molecular formula is C26H32N4. The summed E-state index contributed by atoms with van der Waals surface area (Å²) in [6, 6.07) is 18.5. The summed E-state index contributed by atoms with van der Waals surface area (Å²) in [6.07, 6.45) is 6.54. The summed E-state index contributed by atoms with van der Waals surface area (Å²) >= 11 is 0. The van der Waals surface area contributed by atoms with Gasteiger partial charge in [-0.25, -0.2) is 9.67 Å². The molecule has 0 unspecified atom stereocenters. The SMILES string of the molecule is CCCCC(CC)(CC)c1ccccc1-c1nc(CC)nn1-c1cccc(C#N)c1. The van der Waals surface area contributed by atoms with E-state index in [4.69, 9.17) is 10.1 Å². The zero-order valence-electron chi connectivity index (χ0n) is 18.7. The molecule has 0 saturated heterocycles. The molecular weight excluding hydrogens is 368 g/mol. The van der Waals surface area contributed by atoms with Crippen LogP contribution in [0.3, 0.4) is 0 Å². The lowest BCUT2D eigenvalue weighted by molar-refractivity contribution is 0.354. The maximum atomic E-state index is 9.35. The molecule has 0 radical (unpaired) electrons. The van der Waals surface area contributed by atoms with E-state index in [9.17, 15) is 5.26 Å². The molecule has 4 nitrogen and oxygen atoms in total. The van der Waals surface area contributed by atoms with Gasteiger partial charge in [-0.3, -0.25) is 0 Å². The Kier molecular flexibility index (Phi) is 7.05. The number of benzene rings is 2. The van der Waals surface area contributed by atoms with Gasteiger partial charge in [0.15, 0.2) is 11.6 Å². The van der Waals surface area contributed by atoms with Crippen molar-refractivity contribution in [3.05, 3.63) is 65.5 Å². The molecule has 0 aliphatic heterocycles. The first-order valence-corrected chi connectivity index (χ1v) is 11.2. The molecule has 1 heterocycles. The molecule has 156 valence electrons. The molecule has 0 fully saturated rings. The minimum Gasteiger partial charge on any atom is -0.213 e. The van der Waals surface area contributed by atoms with Gasteiger partial charge in [-0.05, 0) is 48.4 Å². The zero-order valence-corrected chi connectivity index (χ0v) is 18.7. The second-order valence-electron chi connectivity index (χ2n) is 7.92. The first-order chi connectivity index (χ1) is 14.6. The van der Waals surface area contributed by atoms with Crippen LogP contribution in [0.25, 0.3) is 17.1 Å². The second kappa shape index (κ2) is 9.71. The van der Waals surface area contributed by atoms with Gasteiger partial charge >= 0.3 is 0 Å². The van der Waals surface area contributed by atoms with Crippen molar-refractivity contribution in [3.63, 3.8) is 0 Å². The molecule has 0 spiro atoms. The third kappa shape index (κ3) is 4.16. The lowest BCUT2D eigenvalue weighted by atomic mass is 9.70. The first-order valence-electron chi connectivity index (χ1n) is 11.2. The molecule has 3 aromatic rings. The summed E-state index contributed by atoms with van der Waals surface area (Å²) in [4.78, 5) is 4.92. The average molecular weight is 401 g/mol. The number of aromatic nitrogens is 3. The molecule has 4 heteroatoms. The summed E-state index contributed by atoms with van der Waals surface area (Å²) < 4.78 is 1.91. The van der Waals surface area contributed by atoms with E-state index in [1.165, 1.54) is 24.8 Å². The van der Waals surface area contributed by atoms with Crippen molar-refractivity contribution in [1.82, 2.24) is 14.8 Å². The fourth-order valence-corrected chi connectivity index (χ4v) is 4.34. The van der Waals surface area contributed by atoms with Gasteiger partial charge in [0.1, 0.15) is 0 Å². The predicted octanol–water partition coefficient (Wildman–Crippen LogP) is 6.62. The van der Waals surface area contributed by atoms with Crippen LogP contribution in [0.5, 0.6) is 0 Å². The highest BCUT2D eigenvalue weighted by atomic mass is 15.4. The number of nitrogens with zero attached hydrogens (tertiary/aromatic N) is 4. The number of hydrogen-bond donors (Lipinski definition) is 0. The molecule has 3 rings (SSSR count). The standard InChI is InChI=1S/C26H32N4/c1-5-9-17-26(7-3,8-4)23-16-11-10-15-22(23)25-28-24(6-2)29-30(25)21-14-12-13-20(18-21)19-27/h10-16,18H,5-9,17H2,1-4H3. The third-order valence-electron chi connectivity index (χ3n) is 6.29. The van der Waals surface area contributed by atoms with Crippen molar-refractivity contribution in [2.45, 2.75) is 71.6 Å². The Hall–Kier alpha value is -2.93. The molecule has 0 amide bonds. The topological polar surface area (TPSA) is 54.5 Å². The van der Waals surface area contributed by atoms with E-state index in [2.05, 4.69) is 58.0 Å². The van der Waals surface area contributed by atoms with E-state index >= 15 is 0 Å². The Labute approximate surface area is 180 Å². The van der Waals surface area contributed by atoms with Gasteiger partial charge in [0, 0.05) is 12.0 Å². The second-order valence-corrected chi connectivity index (χ2v) is 7.92. The Morgan fingerprint density at radius 1 is 1.00 bits per heavy atom. The normalized spacial score (nSPS) is 11.4. The van der Waals surface area contributed by atoms with Gasteiger partial charge in [0.2, 0.25) is 0 Å². The molecule has 0 bridgehead atoms. The van der Waals surface area contributed by atoms with Crippen LogP contribution in [0.2, 0.25) is 0 Å². The zero-order chi connectivity index (χ0) is 21.6. The Morgan fingerprint density at radius 2 is 1.77 bits per heavy atom. The van der Waals surface area contributed by atoms with E-state index < -0.39 is 0 Å². The van der Waals surface area contributed by atoms with Crippen LogP contribution >= 0.6 is 0 Å². The van der Waals surface area contributed by atoms with Crippen LogP contribution in [-0.2, 0) is 11.8 Å². The Bertz CT molecular complexity index is 1020. The molecule has 2 aromatic carbocycles. The Balaban J connectivity index is 2.22. The highest BCUT2D eigenvalue weighted by molar-refractivity contribution is 5.65. The highest BCUT2D eigenvalue weighted by Gasteiger charge is 2.31. The van der Waals surface area contributed by atoms with Crippen molar-refractivity contribution in [2.24, 2.45) is 0 Å². The quantitative estimate of drug-likeness (QED) is 0.406. The van der Waals surface area contributed by atoms with Crippen LogP contribution in [0.4, 0.5) is 0 Å². The molecule has 0 saturated carbocycles. The summed E-state index contributed by atoms with van der Waals surface area (Å²) in [5.74, 6) is 1.68. The van der Waals surface area contributed by atoms with Crippen LogP contribution in [0.1, 0.15) is 76.8 Å².